The molecule has 34 heavy (non-hydrogen) atoms. The molecule has 2 heterocycles. The molecule has 1 N–H and O–H groups in total. The molecule has 1 atom stereocenters. The number of thioether (sulfide) groups is 1. The molecule has 0 unspecified atom stereocenters. The minimum atomic E-state index is -0.813. The highest BCUT2D eigenvalue weighted by molar-refractivity contribution is 8.00. The van der Waals surface area contributed by atoms with Crippen molar-refractivity contribution < 1.29 is 9.59 Å². The van der Waals surface area contributed by atoms with Crippen molar-refractivity contribution in [2.45, 2.75) is 24.5 Å². The molecule has 2 amide bonds. The van der Waals surface area contributed by atoms with Gasteiger partial charge in [0.15, 0.2) is 0 Å². The first-order chi connectivity index (χ1) is 16.5. The number of carbonyl (C=O) groups is 2. The van der Waals surface area contributed by atoms with Gasteiger partial charge in [-0.25, -0.2) is 0 Å². The largest absolute Gasteiger partial charge is 0.350 e. The number of aromatic nitrogens is 1. The summed E-state index contributed by atoms with van der Waals surface area (Å²) in [4.78, 5) is 29.1. The van der Waals surface area contributed by atoms with Gasteiger partial charge in [-0.1, -0.05) is 71.9 Å². The molecule has 0 saturated carbocycles. The van der Waals surface area contributed by atoms with Crippen LogP contribution < -0.4 is 10.2 Å². The van der Waals surface area contributed by atoms with Gasteiger partial charge in [0.05, 0.1) is 10.8 Å². The Kier molecular flexibility index (Phi) is 6.11. The van der Waals surface area contributed by atoms with Crippen LogP contribution in [0.3, 0.4) is 0 Å². The maximum absolute atomic E-state index is 13.9. The number of benzene rings is 3. The number of hydrogen-bond donors (Lipinski definition) is 1. The number of rotatable bonds is 4. The zero-order chi connectivity index (χ0) is 23.8. The van der Waals surface area contributed by atoms with Crippen LogP contribution in [0, 0.1) is 6.92 Å². The van der Waals surface area contributed by atoms with Crippen LogP contribution in [-0.4, -0.2) is 22.1 Å². The summed E-state index contributed by atoms with van der Waals surface area (Å²) in [6.45, 7) is 2.29. The van der Waals surface area contributed by atoms with Crippen molar-refractivity contribution in [3.05, 3.63) is 94.5 Å². The van der Waals surface area contributed by atoms with Gasteiger partial charge in [0, 0.05) is 40.8 Å². The van der Waals surface area contributed by atoms with E-state index in [2.05, 4.69) is 9.88 Å². The molecule has 0 spiro atoms. The maximum atomic E-state index is 13.9. The number of para-hydroxylation sites is 1. The van der Waals surface area contributed by atoms with Crippen LogP contribution in [0.15, 0.2) is 77.8 Å². The fourth-order valence-corrected chi connectivity index (χ4v) is 5.90. The third-order valence-electron chi connectivity index (χ3n) is 6.20. The molecule has 0 bridgehead atoms. The summed E-state index contributed by atoms with van der Waals surface area (Å²) in [6, 6.07) is 22.4. The number of aryl methyl sites for hydroxylation is 2. The van der Waals surface area contributed by atoms with Crippen LogP contribution >= 0.6 is 23.4 Å². The van der Waals surface area contributed by atoms with Gasteiger partial charge in [-0.15, -0.1) is 0 Å². The lowest BCUT2D eigenvalue weighted by Gasteiger charge is -2.31. The van der Waals surface area contributed by atoms with Crippen molar-refractivity contribution in [1.29, 1.82) is 0 Å². The molecule has 0 saturated heterocycles. The zero-order valence-electron chi connectivity index (χ0n) is 18.9. The molecule has 3 aromatic carbocycles. The van der Waals surface area contributed by atoms with Crippen molar-refractivity contribution in [3.63, 3.8) is 0 Å². The second-order valence-electron chi connectivity index (χ2n) is 8.38. The Morgan fingerprint density at radius 1 is 1.09 bits per heavy atom. The Morgan fingerprint density at radius 2 is 1.82 bits per heavy atom. The normalized spacial score (nSPS) is 15.8. The summed E-state index contributed by atoms with van der Waals surface area (Å²) >= 11 is 7.69. The van der Waals surface area contributed by atoms with Crippen molar-refractivity contribution in [2.24, 2.45) is 7.05 Å². The average Bonchev–Trinajstić information content (AvgIpc) is 3.02. The third kappa shape index (κ3) is 3.97. The maximum Gasteiger partial charge on any atom is 0.248 e. The highest BCUT2D eigenvalue weighted by Gasteiger charge is 2.40. The number of nitrogens with one attached hydrogen (secondary N) is 1. The molecule has 172 valence electrons. The quantitative estimate of drug-likeness (QED) is 0.404. The van der Waals surface area contributed by atoms with Gasteiger partial charge in [0.2, 0.25) is 11.8 Å². The summed E-state index contributed by atoms with van der Waals surface area (Å²) in [6.07, 6.45) is 0. The van der Waals surface area contributed by atoms with Crippen LogP contribution in [0.1, 0.15) is 22.7 Å². The second-order valence-corrected chi connectivity index (χ2v) is 9.78. The molecule has 0 aliphatic carbocycles. The first kappa shape index (κ1) is 22.6. The molecule has 0 radical (unpaired) electrons. The van der Waals surface area contributed by atoms with Gasteiger partial charge in [-0.3, -0.25) is 14.5 Å². The van der Waals surface area contributed by atoms with E-state index in [1.807, 2.05) is 80.7 Å². The first-order valence-corrected chi connectivity index (χ1v) is 12.4. The molecule has 5 rings (SSSR count). The SMILES string of the molecule is Cc1cc(Cl)ccc1N1C(=O)CSc2c(c3ccccc3n2C)[C@@H]1C(=O)NCc1ccccc1. The summed E-state index contributed by atoms with van der Waals surface area (Å²) < 4.78 is 2.08. The molecular weight excluding hydrogens is 466 g/mol. The minimum absolute atomic E-state index is 0.115. The smallest absolute Gasteiger partial charge is 0.248 e. The van der Waals surface area contributed by atoms with E-state index in [-0.39, 0.29) is 17.6 Å². The first-order valence-electron chi connectivity index (χ1n) is 11.1. The van der Waals surface area contributed by atoms with E-state index < -0.39 is 6.04 Å². The fourth-order valence-electron chi connectivity index (χ4n) is 4.60. The zero-order valence-corrected chi connectivity index (χ0v) is 20.5. The average molecular weight is 490 g/mol. The third-order valence-corrected chi connectivity index (χ3v) is 7.59. The Bertz CT molecular complexity index is 1400. The van der Waals surface area contributed by atoms with Crippen LogP contribution in [-0.2, 0) is 23.2 Å². The Hall–Kier alpha value is -3.22. The molecule has 1 aliphatic heterocycles. The minimum Gasteiger partial charge on any atom is -0.350 e. The molecule has 7 heteroatoms. The van der Waals surface area contributed by atoms with Crippen molar-refractivity contribution in [1.82, 2.24) is 9.88 Å². The second kappa shape index (κ2) is 9.20. The van der Waals surface area contributed by atoms with Gasteiger partial charge >= 0.3 is 0 Å². The van der Waals surface area contributed by atoms with E-state index in [0.29, 0.717) is 17.3 Å². The van der Waals surface area contributed by atoms with Crippen LogP contribution in [0.25, 0.3) is 10.9 Å². The van der Waals surface area contributed by atoms with Gasteiger partial charge in [-0.2, -0.15) is 0 Å². The monoisotopic (exact) mass is 489 g/mol. The van der Waals surface area contributed by atoms with E-state index in [0.717, 1.165) is 32.6 Å². The predicted octanol–water partition coefficient (Wildman–Crippen LogP) is 5.64. The van der Waals surface area contributed by atoms with Gasteiger partial charge < -0.3 is 9.88 Å². The van der Waals surface area contributed by atoms with Gasteiger partial charge in [0.1, 0.15) is 6.04 Å². The summed E-state index contributed by atoms with van der Waals surface area (Å²) in [5.74, 6) is -0.0935. The fraction of sp³-hybridized carbons (Fsp3) is 0.185. The lowest BCUT2D eigenvalue weighted by Crippen LogP contribution is -2.44. The highest BCUT2D eigenvalue weighted by Crippen LogP contribution is 2.44. The van der Waals surface area contributed by atoms with Gasteiger partial charge in [0.25, 0.3) is 0 Å². The Balaban J connectivity index is 1.67. The summed E-state index contributed by atoms with van der Waals surface area (Å²) in [7, 11) is 1.99. The topological polar surface area (TPSA) is 54.3 Å². The number of carbonyl (C=O) groups excluding carboxylic acids is 2. The van der Waals surface area contributed by atoms with E-state index in [4.69, 9.17) is 11.6 Å². The van der Waals surface area contributed by atoms with E-state index in [1.165, 1.54) is 11.8 Å². The predicted molar refractivity (Wildman–Crippen MR) is 138 cm³/mol. The standard InChI is InChI=1S/C27H24ClN3O2S/c1-17-14-19(28)12-13-21(17)31-23(32)16-34-27-24(20-10-6-7-11-22(20)30(27)2)25(31)26(33)29-15-18-8-4-3-5-9-18/h3-14,25H,15-16H2,1-2H3,(H,29,33)/t25-/m1/s1. The molecule has 1 aliphatic rings. The van der Waals surface area contributed by atoms with Crippen LogP contribution in [0.5, 0.6) is 0 Å². The number of fused-ring (bicyclic) bond motifs is 3. The molecular formula is C27H24ClN3O2S. The molecule has 0 fully saturated rings. The van der Waals surface area contributed by atoms with Crippen molar-refractivity contribution in [2.75, 3.05) is 10.7 Å². The van der Waals surface area contributed by atoms with E-state index in [9.17, 15) is 9.59 Å². The molecule has 1 aromatic heterocycles. The van der Waals surface area contributed by atoms with Crippen LogP contribution in [0.4, 0.5) is 5.69 Å². The summed E-state index contributed by atoms with van der Waals surface area (Å²) in [5, 5.41) is 5.58. The molecule has 4 aromatic rings. The van der Waals surface area contributed by atoms with E-state index in [1.54, 1.807) is 11.0 Å². The van der Waals surface area contributed by atoms with Crippen LogP contribution in [0.2, 0.25) is 5.02 Å². The van der Waals surface area contributed by atoms with Crippen molar-refractivity contribution in [3.8, 4) is 0 Å². The lowest BCUT2D eigenvalue weighted by atomic mass is 10.0. The molecule has 5 nitrogen and oxygen atoms in total. The number of hydrogen-bond acceptors (Lipinski definition) is 3. The van der Waals surface area contributed by atoms with Gasteiger partial charge in [-0.05, 0) is 42.3 Å². The number of anilines is 1. The number of amides is 2. The van der Waals surface area contributed by atoms with Crippen molar-refractivity contribution >= 4 is 51.8 Å². The number of nitrogens with zero attached hydrogens (tertiary/aromatic N) is 2. The summed E-state index contributed by atoms with van der Waals surface area (Å²) in [5.41, 5.74) is 4.42. The number of halogens is 1. The Labute approximate surface area is 207 Å². The highest BCUT2D eigenvalue weighted by atomic mass is 35.5. The lowest BCUT2D eigenvalue weighted by molar-refractivity contribution is -0.125. The van der Waals surface area contributed by atoms with E-state index >= 15 is 0 Å². The Morgan fingerprint density at radius 3 is 2.59 bits per heavy atom.